The van der Waals surface area contributed by atoms with E-state index < -0.39 is 33.9 Å². The van der Waals surface area contributed by atoms with Crippen LogP contribution in [-0.4, -0.2) is 45.1 Å². The molecule has 1 spiro atoms. The van der Waals surface area contributed by atoms with Crippen LogP contribution in [0.2, 0.25) is 0 Å². The lowest BCUT2D eigenvalue weighted by molar-refractivity contribution is -0.160. The van der Waals surface area contributed by atoms with E-state index in [9.17, 15) is 24.9 Å². The van der Waals surface area contributed by atoms with Gasteiger partial charge < -0.3 is 20.1 Å². The van der Waals surface area contributed by atoms with E-state index in [1.54, 1.807) is 0 Å². The zero-order valence-corrected chi connectivity index (χ0v) is 14.5. The van der Waals surface area contributed by atoms with E-state index in [1.165, 1.54) is 0 Å². The predicted octanol–water partition coefficient (Wildman–Crippen LogP) is 1.33. The van der Waals surface area contributed by atoms with Gasteiger partial charge in [-0.1, -0.05) is 0 Å². The van der Waals surface area contributed by atoms with Crippen LogP contribution < -0.4 is 0 Å². The van der Waals surface area contributed by atoms with Gasteiger partial charge in [-0.2, -0.15) is 0 Å². The van der Waals surface area contributed by atoms with E-state index in [4.69, 9.17) is 4.74 Å². The van der Waals surface area contributed by atoms with Crippen molar-refractivity contribution in [3.63, 3.8) is 0 Å². The quantitative estimate of drug-likeness (QED) is 0.649. The van der Waals surface area contributed by atoms with Crippen molar-refractivity contribution >= 4 is 11.9 Å². The van der Waals surface area contributed by atoms with Crippen molar-refractivity contribution in [1.29, 1.82) is 0 Å². The first kappa shape index (κ1) is 16.1. The fourth-order valence-electron chi connectivity index (χ4n) is 8.14. The number of fused-ring (bicyclic) bond motifs is 1. The summed E-state index contributed by atoms with van der Waals surface area (Å²) in [6.07, 6.45) is 4.77. The summed E-state index contributed by atoms with van der Waals surface area (Å²) in [4.78, 5) is 25.2. The normalized spacial score (nSPS) is 58.6. The Bertz CT molecular complexity index is 677. The van der Waals surface area contributed by atoms with Crippen molar-refractivity contribution in [2.24, 2.45) is 34.5 Å². The van der Waals surface area contributed by atoms with Gasteiger partial charge in [-0.25, -0.2) is 0 Å². The number of carbonyl (C=O) groups excluding carboxylic acids is 1. The van der Waals surface area contributed by atoms with Crippen LogP contribution in [0, 0.1) is 34.5 Å². The Balaban J connectivity index is 1.72. The number of carboxylic acids is 1. The monoisotopic (exact) mass is 350 g/mol. The maximum Gasteiger partial charge on any atom is 0.312 e. The van der Waals surface area contributed by atoms with Crippen molar-refractivity contribution < 1.29 is 29.6 Å². The summed E-state index contributed by atoms with van der Waals surface area (Å²) >= 11 is 0. The maximum atomic E-state index is 12.7. The lowest BCUT2D eigenvalue weighted by Gasteiger charge is -2.43. The van der Waals surface area contributed by atoms with Gasteiger partial charge in [0.2, 0.25) is 0 Å². The third kappa shape index (κ3) is 1.52. The van der Waals surface area contributed by atoms with E-state index >= 15 is 0 Å². The molecule has 8 atom stereocenters. The van der Waals surface area contributed by atoms with E-state index in [0.29, 0.717) is 19.3 Å². The summed E-state index contributed by atoms with van der Waals surface area (Å²) in [6, 6.07) is 0. The average Bonchev–Trinajstić information content (AvgIpc) is 2.98. The van der Waals surface area contributed by atoms with E-state index in [2.05, 4.69) is 0 Å². The van der Waals surface area contributed by atoms with Gasteiger partial charge in [0.05, 0.1) is 23.5 Å². The summed E-state index contributed by atoms with van der Waals surface area (Å²) in [6.45, 7) is 1.56. The molecule has 0 aromatic carbocycles. The summed E-state index contributed by atoms with van der Waals surface area (Å²) < 4.78 is 6.05. The van der Waals surface area contributed by atoms with E-state index in [0.717, 1.165) is 25.7 Å². The Hall–Kier alpha value is -1.14. The van der Waals surface area contributed by atoms with Crippen molar-refractivity contribution in [2.75, 3.05) is 6.61 Å². The number of hydrogen-bond acceptors (Lipinski definition) is 5. The smallest absolute Gasteiger partial charge is 0.312 e. The number of rotatable bonds is 2. The van der Waals surface area contributed by atoms with Crippen molar-refractivity contribution in [1.82, 2.24) is 0 Å². The second kappa shape index (κ2) is 4.39. The van der Waals surface area contributed by atoms with Crippen LogP contribution in [0.25, 0.3) is 0 Å². The molecular formula is C19H26O6. The van der Waals surface area contributed by atoms with Gasteiger partial charge in [0.25, 0.3) is 0 Å². The number of aliphatic hydroxyl groups excluding tert-OH is 1. The summed E-state index contributed by atoms with van der Waals surface area (Å²) in [5.41, 5.74) is -3.18. The van der Waals surface area contributed by atoms with Gasteiger partial charge in [0.15, 0.2) is 0 Å². The molecule has 6 heteroatoms. The minimum absolute atomic E-state index is 0.0194. The number of aliphatic hydroxyl groups is 2. The second-order valence-corrected chi connectivity index (χ2v) is 9.61. The molecule has 5 aliphatic rings. The minimum atomic E-state index is -1.20. The number of hydrogen-bond donors (Lipinski definition) is 3. The van der Waals surface area contributed by atoms with Crippen molar-refractivity contribution in [3.05, 3.63) is 0 Å². The minimum Gasteiger partial charge on any atom is -0.481 e. The lowest BCUT2D eigenvalue weighted by atomic mass is 9.60. The highest BCUT2D eigenvalue weighted by Crippen LogP contribution is 2.78. The number of carbonyl (C=O) groups is 2. The molecular weight excluding hydrogens is 324 g/mol. The molecule has 4 bridgehead atoms. The molecule has 1 aliphatic heterocycles. The molecule has 25 heavy (non-hydrogen) atoms. The number of ether oxygens (including phenoxy) is 1. The van der Waals surface area contributed by atoms with Gasteiger partial charge in [-0.3, -0.25) is 9.59 Å². The Morgan fingerprint density at radius 3 is 2.76 bits per heavy atom. The second-order valence-electron chi connectivity index (χ2n) is 9.61. The fraction of sp³-hybridized carbons (Fsp3) is 0.895. The Morgan fingerprint density at radius 2 is 2.08 bits per heavy atom. The molecule has 5 rings (SSSR count). The predicted molar refractivity (Wildman–Crippen MR) is 85.3 cm³/mol. The number of carboxylic acid groups (broad SMARTS) is 1. The molecule has 0 radical (unpaired) electrons. The van der Waals surface area contributed by atoms with Crippen LogP contribution in [0.5, 0.6) is 0 Å². The van der Waals surface area contributed by atoms with Crippen LogP contribution in [0.1, 0.15) is 51.9 Å². The molecule has 138 valence electrons. The van der Waals surface area contributed by atoms with Crippen molar-refractivity contribution in [3.8, 4) is 0 Å². The first-order valence-electron chi connectivity index (χ1n) is 9.53. The van der Waals surface area contributed by atoms with Crippen molar-refractivity contribution in [2.45, 2.75) is 63.1 Å². The molecule has 5 fully saturated rings. The molecule has 1 unspecified atom stereocenters. The van der Waals surface area contributed by atoms with Gasteiger partial charge >= 0.3 is 11.9 Å². The van der Waals surface area contributed by atoms with Gasteiger partial charge in [0.1, 0.15) is 5.60 Å². The molecule has 4 aliphatic carbocycles. The van der Waals surface area contributed by atoms with E-state index in [-0.39, 0.29) is 30.3 Å². The SMILES string of the molecule is C[C@@]12CCCC3(OC1=O)[C@@H]1CC[C@@H]4C[C@]1(C[C@]4(O)CO)[C@@H](C(=O)O)[C@@H]32. The fourth-order valence-corrected chi connectivity index (χ4v) is 8.14. The maximum absolute atomic E-state index is 12.7. The summed E-state index contributed by atoms with van der Waals surface area (Å²) in [7, 11) is 0. The third-order valence-corrected chi connectivity index (χ3v) is 8.83. The molecule has 1 saturated heterocycles. The van der Waals surface area contributed by atoms with Crippen LogP contribution in [0.15, 0.2) is 0 Å². The Morgan fingerprint density at radius 1 is 1.32 bits per heavy atom. The molecule has 6 nitrogen and oxygen atoms in total. The van der Waals surface area contributed by atoms with Crippen LogP contribution in [0.4, 0.5) is 0 Å². The summed E-state index contributed by atoms with van der Waals surface area (Å²) in [5, 5.41) is 31.0. The Labute approximate surface area is 146 Å². The molecule has 0 amide bonds. The molecule has 3 N–H and O–H groups in total. The highest BCUT2D eigenvalue weighted by molar-refractivity contribution is 5.84. The van der Waals surface area contributed by atoms with Gasteiger partial charge in [-0.15, -0.1) is 0 Å². The first-order chi connectivity index (χ1) is 11.7. The van der Waals surface area contributed by atoms with Gasteiger partial charge in [0, 0.05) is 11.8 Å². The standard InChI is InChI=1S/C19H26O6/c1-16-5-2-6-19(25-15(16)23)11-4-3-10-7-17(11,8-18(10,24)9-20)12(13(16)19)14(21)22/h10-13,20,24H,2-9H2,1H3,(H,21,22)/t10-,11-,12-,13-,16+,17-,18+,19?/m1/s1. The van der Waals surface area contributed by atoms with Crippen LogP contribution in [0.3, 0.4) is 0 Å². The lowest BCUT2D eigenvalue weighted by Crippen LogP contribution is -2.47. The van der Waals surface area contributed by atoms with Crippen LogP contribution in [-0.2, 0) is 14.3 Å². The molecule has 0 aromatic heterocycles. The zero-order valence-electron chi connectivity index (χ0n) is 14.5. The molecule has 0 aromatic rings. The molecule has 4 saturated carbocycles. The topological polar surface area (TPSA) is 104 Å². The average molecular weight is 350 g/mol. The van der Waals surface area contributed by atoms with Gasteiger partial charge in [-0.05, 0) is 63.2 Å². The molecule has 1 heterocycles. The van der Waals surface area contributed by atoms with E-state index in [1.807, 2.05) is 6.92 Å². The Kier molecular flexibility index (Phi) is 2.82. The zero-order chi connectivity index (χ0) is 17.8. The highest BCUT2D eigenvalue weighted by Gasteiger charge is 2.83. The largest absolute Gasteiger partial charge is 0.481 e. The van der Waals surface area contributed by atoms with Crippen LogP contribution >= 0.6 is 0 Å². The first-order valence-corrected chi connectivity index (χ1v) is 9.53. The number of aliphatic carboxylic acids is 1. The third-order valence-electron chi connectivity index (χ3n) is 8.83. The highest BCUT2D eigenvalue weighted by atomic mass is 16.6. The summed E-state index contributed by atoms with van der Waals surface area (Å²) in [5.74, 6) is -2.18. The number of esters is 1.